The first kappa shape index (κ1) is 19.2. The van der Waals surface area contributed by atoms with E-state index >= 15 is 0 Å². The second-order valence-electron chi connectivity index (χ2n) is 6.62. The van der Waals surface area contributed by atoms with Crippen LogP contribution in [0.2, 0.25) is 0 Å². The third-order valence-electron chi connectivity index (χ3n) is 4.73. The zero-order valence-corrected chi connectivity index (χ0v) is 15.0. The Balaban J connectivity index is 1.50. The number of amides is 1. The van der Waals surface area contributed by atoms with Gasteiger partial charge in [0.05, 0.1) is 7.11 Å². The fourth-order valence-corrected chi connectivity index (χ4v) is 3.21. The largest absolute Gasteiger partial charge is 0.494 e. The van der Waals surface area contributed by atoms with E-state index in [1.54, 1.807) is 6.07 Å². The minimum absolute atomic E-state index is 0.0329. The predicted octanol–water partition coefficient (Wildman–Crippen LogP) is 3.51. The number of benzene rings is 2. The van der Waals surface area contributed by atoms with E-state index < -0.39 is 17.5 Å². The van der Waals surface area contributed by atoms with Crippen LogP contribution in [-0.2, 0) is 6.54 Å². The molecule has 0 aromatic heterocycles. The number of rotatable bonds is 5. The fraction of sp³-hybridized carbons (Fsp3) is 0.350. The van der Waals surface area contributed by atoms with Crippen molar-refractivity contribution in [2.24, 2.45) is 0 Å². The van der Waals surface area contributed by atoms with Crippen molar-refractivity contribution < 1.29 is 22.7 Å². The Kier molecular flexibility index (Phi) is 6.01. The molecule has 1 fully saturated rings. The van der Waals surface area contributed by atoms with E-state index in [4.69, 9.17) is 4.74 Å². The van der Waals surface area contributed by atoms with E-state index in [9.17, 15) is 18.0 Å². The molecule has 1 aliphatic rings. The van der Waals surface area contributed by atoms with Crippen LogP contribution in [0.4, 0.5) is 13.2 Å². The first-order chi connectivity index (χ1) is 13.0. The van der Waals surface area contributed by atoms with Crippen molar-refractivity contribution in [3.05, 3.63) is 65.0 Å². The van der Waals surface area contributed by atoms with E-state index in [-0.39, 0.29) is 23.2 Å². The minimum Gasteiger partial charge on any atom is -0.494 e. The molecule has 4 nitrogen and oxygen atoms in total. The molecule has 7 heteroatoms. The highest BCUT2D eigenvalue weighted by atomic mass is 19.2. The third kappa shape index (κ3) is 4.80. The van der Waals surface area contributed by atoms with Crippen LogP contribution in [0, 0.1) is 17.5 Å². The topological polar surface area (TPSA) is 41.6 Å². The molecule has 0 atom stereocenters. The maximum atomic E-state index is 13.8. The SMILES string of the molecule is COc1ccc(CN2CCC(NC(=O)c3ccc(F)c(F)c3)CC2)cc1F. The Hall–Kier alpha value is -2.54. The second-order valence-corrected chi connectivity index (χ2v) is 6.62. The van der Waals surface area contributed by atoms with Crippen molar-refractivity contribution in [3.63, 3.8) is 0 Å². The Bertz CT molecular complexity index is 821. The van der Waals surface area contributed by atoms with Crippen molar-refractivity contribution in [2.45, 2.75) is 25.4 Å². The summed E-state index contributed by atoms with van der Waals surface area (Å²) in [6.45, 7) is 2.11. The summed E-state index contributed by atoms with van der Waals surface area (Å²) in [5.74, 6) is -2.59. The number of ether oxygens (including phenoxy) is 1. The number of halogens is 3. The number of piperidine rings is 1. The monoisotopic (exact) mass is 378 g/mol. The number of methoxy groups -OCH3 is 1. The van der Waals surface area contributed by atoms with Gasteiger partial charge in [0.15, 0.2) is 23.2 Å². The lowest BCUT2D eigenvalue weighted by molar-refractivity contribution is 0.0908. The molecule has 27 heavy (non-hydrogen) atoms. The maximum absolute atomic E-state index is 13.8. The zero-order valence-electron chi connectivity index (χ0n) is 15.0. The van der Waals surface area contributed by atoms with Gasteiger partial charge in [-0.2, -0.15) is 0 Å². The highest BCUT2D eigenvalue weighted by molar-refractivity contribution is 5.94. The summed E-state index contributed by atoms with van der Waals surface area (Å²) in [5.41, 5.74) is 0.961. The zero-order chi connectivity index (χ0) is 19.4. The van der Waals surface area contributed by atoms with Gasteiger partial charge in [-0.25, -0.2) is 13.2 Å². The quantitative estimate of drug-likeness (QED) is 0.866. The molecule has 0 spiro atoms. The van der Waals surface area contributed by atoms with Crippen LogP contribution in [0.15, 0.2) is 36.4 Å². The van der Waals surface area contributed by atoms with Gasteiger partial charge in [-0.15, -0.1) is 0 Å². The molecule has 1 aliphatic heterocycles. The lowest BCUT2D eigenvalue weighted by atomic mass is 10.0. The lowest BCUT2D eigenvalue weighted by Gasteiger charge is -2.32. The smallest absolute Gasteiger partial charge is 0.251 e. The molecule has 0 radical (unpaired) electrons. The fourth-order valence-electron chi connectivity index (χ4n) is 3.21. The van der Waals surface area contributed by atoms with Crippen molar-refractivity contribution >= 4 is 5.91 Å². The van der Waals surface area contributed by atoms with Crippen molar-refractivity contribution in [1.29, 1.82) is 0 Å². The van der Waals surface area contributed by atoms with Gasteiger partial charge in [0.25, 0.3) is 5.91 Å². The number of hydrogen-bond acceptors (Lipinski definition) is 3. The molecule has 1 amide bonds. The summed E-state index contributed by atoms with van der Waals surface area (Å²) in [6.07, 6.45) is 1.46. The highest BCUT2D eigenvalue weighted by Gasteiger charge is 2.22. The van der Waals surface area contributed by atoms with Crippen LogP contribution in [0.25, 0.3) is 0 Å². The Morgan fingerprint density at radius 3 is 2.44 bits per heavy atom. The number of nitrogens with one attached hydrogen (secondary N) is 1. The maximum Gasteiger partial charge on any atom is 0.251 e. The van der Waals surface area contributed by atoms with Gasteiger partial charge in [0.1, 0.15) is 0 Å². The van der Waals surface area contributed by atoms with Crippen molar-refractivity contribution in [2.75, 3.05) is 20.2 Å². The molecular formula is C20H21F3N2O2. The van der Waals surface area contributed by atoms with Gasteiger partial charge >= 0.3 is 0 Å². The van der Waals surface area contributed by atoms with Crippen molar-refractivity contribution in [3.8, 4) is 5.75 Å². The van der Waals surface area contributed by atoms with Gasteiger partial charge in [0, 0.05) is 31.2 Å². The molecule has 3 rings (SSSR count). The first-order valence-electron chi connectivity index (χ1n) is 8.77. The van der Waals surface area contributed by atoms with Crippen LogP contribution in [0.5, 0.6) is 5.75 Å². The van der Waals surface area contributed by atoms with Gasteiger partial charge in [-0.3, -0.25) is 9.69 Å². The average molecular weight is 378 g/mol. The standard InChI is InChI=1S/C20H21F3N2O2/c1-27-19-5-2-13(10-18(19)23)12-25-8-6-15(7-9-25)24-20(26)14-3-4-16(21)17(22)11-14/h2-5,10-11,15H,6-9,12H2,1H3,(H,24,26). The van der Waals surface area contributed by atoms with Gasteiger partial charge < -0.3 is 10.1 Å². The Morgan fingerprint density at radius 1 is 1.07 bits per heavy atom. The molecule has 1 saturated heterocycles. The molecule has 1 heterocycles. The third-order valence-corrected chi connectivity index (χ3v) is 4.73. The molecule has 144 valence electrons. The number of carbonyl (C=O) groups is 1. The van der Waals surface area contributed by atoms with Gasteiger partial charge in [0.2, 0.25) is 0 Å². The molecule has 2 aromatic carbocycles. The minimum atomic E-state index is -1.04. The van der Waals surface area contributed by atoms with E-state index in [0.717, 1.165) is 43.6 Å². The summed E-state index contributed by atoms with van der Waals surface area (Å²) < 4.78 is 44.9. The van der Waals surface area contributed by atoms with Crippen LogP contribution < -0.4 is 10.1 Å². The first-order valence-corrected chi connectivity index (χ1v) is 8.77. The predicted molar refractivity (Wildman–Crippen MR) is 95.1 cm³/mol. The molecule has 1 N–H and O–H groups in total. The van der Waals surface area contributed by atoms with Crippen LogP contribution in [-0.4, -0.2) is 37.0 Å². The molecule has 2 aromatic rings. The molecule has 0 saturated carbocycles. The highest BCUT2D eigenvalue weighted by Crippen LogP contribution is 2.20. The summed E-state index contributed by atoms with van der Waals surface area (Å²) in [7, 11) is 1.43. The van der Waals surface area contributed by atoms with E-state index in [2.05, 4.69) is 10.2 Å². The summed E-state index contributed by atoms with van der Waals surface area (Å²) >= 11 is 0. The van der Waals surface area contributed by atoms with E-state index in [1.165, 1.54) is 19.2 Å². The van der Waals surface area contributed by atoms with Gasteiger partial charge in [-0.1, -0.05) is 6.07 Å². The molecule has 0 unspecified atom stereocenters. The number of carbonyl (C=O) groups excluding carboxylic acids is 1. The van der Waals surface area contributed by atoms with Crippen LogP contribution in [0.3, 0.4) is 0 Å². The molecule has 0 aliphatic carbocycles. The molecular weight excluding hydrogens is 357 g/mol. The average Bonchev–Trinajstić information content (AvgIpc) is 2.65. The van der Waals surface area contributed by atoms with E-state index in [0.29, 0.717) is 6.54 Å². The summed E-state index contributed by atoms with van der Waals surface area (Å²) in [6, 6.07) is 7.99. The Morgan fingerprint density at radius 2 is 1.81 bits per heavy atom. The molecule has 0 bridgehead atoms. The van der Waals surface area contributed by atoms with Crippen LogP contribution in [0.1, 0.15) is 28.8 Å². The van der Waals surface area contributed by atoms with Crippen LogP contribution >= 0.6 is 0 Å². The van der Waals surface area contributed by atoms with Crippen molar-refractivity contribution in [1.82, 2.24) is 10.2 Å². The summed E-state index contributed by atoms with van der Waals surface area (Å²) in [4.78, 5) is 14.4. The number of nitrogens with zero attached hydrogens (tertiary/aromatic N) is 1. The Labute approximate surface area is 155 Å². The van der Waals surface area contributed by atoms with E-state index in [1.807, 2.05) is 6.07 Å². The normalized spacial score (nSPS) is 15.6. The van der Waals surface area contributed by atoms with Gasteiger partial charge in [-0.05, 0) is 48.7 Å². The lowest BCUT2D eigenvalue weighted by Crippen LogP contribution is -2.44. The summed E-state index contributed by atoms with van der Waals surface area (Å²) in [5, 5.41) is 2.86. The number of hydrogen-bond donors (Lipinski definition) is 1. The number of likely N-dealkylation sites (tertiary alicyclic amines) is 1. The second kappa shape index (κ2) is 8.43.